The van der Waals surface area contributed by atoms with Crippen LogP contribution in [0.4, 0.5) is 16.0 Å². The van der Waals surface area contributed by atoms with Gasteiger partial charge in [0.1, 0.15) is 11.6 Å². The minimum absolute atomic E-state index is 0.0114. The smallest absolute Gasteiger partial charge is 0.257 e. The Morgan fingerprint density at radius 3 is 2.58 bits per heavy atom. The van der Waals surface area contributed by atoms with Crippen LogP contribution in [0.25, 0.3) is 0 Å². The third-order valence-electron chi connectivity index (χ3n) is 7.36. The third kappa shape index (κ3) is 6.07. The highest BCUT2D eigenvalue weighted by Gasteiger charge is 2.51. The second-order valence-corrected chi connectivity index (χ2v) is 11.2. The summed E-state index contributed by atoms with van der Waals surface area (Å²) < 4.78 is 13.6. The summed E-state index contributed by atoms with van der Waals surface area (Å²) in [6, 6.07) is 21.7. The van der Waals surface area contributed by atoms with E-state index in [0.29, 0.717) is 52.5 Å². The summed E-state index contributed by atoms with van der Waals surface area (Å²) in [5.41, 5.74) is 2.14. The Bertz CT molecular complexity index is 1730. The van der Waals surface area contributed by atoms with Gasteiger partial charge in [-0.15, -0.1) is 0 Å². The van der Waals surface area contributed by atoms with Gasteiger partial charge in [0, 0.05) is 41.4 Å². The first-order chi connectivity index (χ1) is 20.9. The van der Waals surface area contributed by atoms with Gasteiger partial charge in [0.05, 0.1) is 30.9 Å². The molecule has 43 heavy (non-hydrogen) atoms. The zero-order valence-electron chi connectivity index (χ0n) is 22.8. The van der Waals surface area contributed by atoms with Crippen LogP contribution in [0.2, 0.25) is 0 Å². The highest BCUT2D eigenvalue weighted by atomic mass is 32.2. The molecule has 214 valence electrons. The minimum Gasteiger partial charge on any atom is -0.338 e. The Balaban J connectivity index is 1.29. The standard InChI is InChI=1S/C31H25FN8O2S/c32-24-15-35-29(36-16-24)40-17-23-18-43-30(38-28(42)21-5-2-1-3-6-21)39-31(23,19-40)22-7-4-8-26(11-22)37-27(41)12-25-10-9-20(13-33)14-34-25/h1-11,14-16,23H,12,17-19H2,(H,37,41)(H,38,39,42)/t23-,31+/m0/s1. The van der Waals surface area contributed by atoms with Crippen molar-refractivity contribution in [3.63, 3.8) is 0 Å². The number of halogens is 1. The zero-order chi connectivity index (χ0) is 29.8. The van der Waals surface area contributed by atoms with E-state index in [-0.39, 0.29) is 24.2 Å². The Morgan fingerprint density at radius 2 is 1.84 bits per heavy atom. The van der Waals surface area contributed by atoms with Gasteiger partial charge in [-0.3, -0.25) is 14.6 Å². The molecule has 1 fully saturated rings. The van der Waals surface area contributed by atoms with Crippen LogP contribution in [0.1, 0.15) is 27.2 Å². The molecule has 0 unspecified atom stereocenters. The maximum Gasteiger partial charge on any atom is 0.257 e. The normalized spacial score (nSPS) is 19.1. The van der Waals surface area contributed by atoms with Crippen molar-refractivity contribution in [3.8, 4) is 6.07 Å². The second kappa shape index (κ2) is 12.0. The van der Waals surface area contributed by atoms with Crippen molar-refractivity contribution in [2.45, 2.75) is 12.0 Å². The Labute approximate surface area is 251 Å². The first-order valence-electron chi connectivity index (χ1n) is 13.5. The van der Waals surface area contributed by atoms with E-state index in [1.54, 1.807) is 42.5 Å². The van der Waals surface area contributed by atoms with Crippen LogP contribution >= 0.6 is 11.8 Å². The predicted molar refractivity (Wildman–Crippen MR) is 161 cm³/mol. The summed E-state index contributed by atoms with van der Waals surface area (Å²) in [5, 5.41) is 15.4. The highest BCUT2D eigenvalue weighted by Crippen LogP contribution is 2.46. The molecule has 0 bridgehead atoms. The maximum atomic E-state index is 13.6. The summed E-state index contributed by atoms with van der Waals surface area (Å²) in [6.07, 6.45) is 3.76. The molecule has 2 aliphatic heterocycles. The molecule has 0 aliphatic carbocycles. The summed E-state index contributed by atoms with van der Waals surface area (Å²) in [5.74, 6) is 0.0347. The van der Waals surface area contributed by atoms with Crippen molar-refractivity contribution in [1.29, 1.82) is 5.26 Å². The van der Waals surface area contributed by atoms with Crippen LogP contribution in [-0.4, -0.2) is 50.8 Å². The average Bonchev–Trinajstić information content (AvgIpc) is 3.42. The van der Waals surface area contributed by atoms with Gasteiger partial charge in [0.15, 0.2) is 11.0 Å². The number of thioether (sulfide) groups is 1. The van der Waals surface area contributed by atoms with E-state index < -0.39 is 11.4 Å². The van der Waals surface area contributed by atoms with Crippen LogP contribution in [-0.2, 0) is 16.8 Å². The first kappa shape index (κ1) is 28.0. The Morgan fingerprint density at radius 1 is 1.02 bits per heavy atom. The second-order valence-electron chi connectivity index (χ2n) is 10.2. The van der Waals surface area contributed by atoms with Gasteiger partial charge >= 0.3 is 0 Å². The molecule has 6 rings (SSSR count). The molecule has 2 aromatic carbocycles. The predicted octanol–water partition coefficient (Wildman–Crippen LogP) is 3.93. The van der Waals surface area contributed by atoms with Gasteiger partial charge in [-0.1, -0.05) is 42.1 Å². The van der Waals surface area contributed by atoms with E-state index >= 15 is 0 Å². The van der Waals surface area contributed by atoms with Gasteiger partial charge in [-0.05, 0) is 42.0 Å². The summed E-state index contributed by atoms with van der Waals surface area (Å²) in [7, 11) is 0. The fourth-order valence-electron chi connectivity index (χ4n) is 5.28. The Hall–Kier alpha value is -5.15. The molecular formula is C31H25FN8O2S. The number of fused-ring (bicyclic) bond motifs is 1. The first-order valence-corrected chi connectivity index (χ1v) is 14.5. The van der Waals surface area contributed by atoms with E-state index in [0.717, 1.165) is 18.0 Å². The number of aliphatic imine (C=N–C) groups is 1. The van der Waals surface area contributed by atoms with E-state index in [4.69, 9.17) is 10.3 Å². The van der Waals surface area contributed by atoms with Gasteiger partial charge < -0.3 is 15.5 Å². The molecule has 2 amide bonds. The molecule has 10 nitrogen and oxygen atoms in total. The van der Waals surface area contributed by atoms with Gasteiger partial charge in [-0.2, -0.15) is 5.26 Å². The highest BCUT2D eigenvalue weighted by molar-refractivity contribution is 8.13. The largest absolute Gasteiger partial charge is 0.338 e. The van der Waals surface area contributed by atoms with Crippen molar-refractivity contribution < 1.29 is 14.0 Å². The van der Waals surface area contributed by atoms with Crippen molar-refractivity contribution in [1.82, 2.24) is 20.3 Å². The number of nitrogens with one attached hydrogen (secondary N) is 2. The number of hydrogen-bond acceptors (Lipinski definition) is 9. The molecule has 2 atom stereocenters. The van der Waals surface area contributed by atoms with Crippen molar-refractivity contribution in [2.75, 3.05) is 29.1 Å². The van der Waals surface area contributed by atoms with E-state index in [1.807, 2.05) is 35.2 Å². The third-order valence-corrected chi connectivity index (χ3v) is 8.39. The molecule has 4 heterocycles. The lowest BCUT2D eigenvalue weighted by Crippen LogP contribution is -2.42. The monoisotopic (exact) mass is 592 g/mol. The lowest BCUT2D eigenvalue weighted by molar-refractivity contribution is -0.115. The van der Waals surface area contributed by atoms with E-state index in [9.17, 15) is 14.0 Å². The van der Waals surface area contributed by atoms with Crippen molar-refractivity contribution in [2.24, 2.45) is 10.9 Å². The number of pyridine rings is 1. The minimum atomic E-state index is -0.794. The number of nitrogens with zero attached hydrogens (tertiary/aromatic N) is 6. The summed E-state index contributed by atoms with van der Waals surface area (Å²) in [4.78, 5) is 45.5. The lowest BCUT2D eigenvalue weighted by atomic mass is 9.81. The molecule has 2 aliphatic rings. The molecule has 4 aromatic rings. The molecule has 12 heteroatoms. The average molecular weight is 593 g/mol. The van der Waals surface area contributed by atoms with Crippen LogP contribution in [0.3, 0.4) is 0 Å². The maximum absolute atomic E-state index is 13.6. The van der Waals surface area contributed by atoms with Gasteiger partial charge in [0.2, 0.25) is 11.9 Å². The molecule has 1 saturated heterocycles. The van der Waals surface area contributed by atoms with Crippen molar-refractivity contribution >= 4 is 40.4 Å². The zero-order valence-corrected chi connectivity index (χ0v) is 23.6. The number of amides is 2. The fraction of sp³-hybridized carbons (Fsp3) is 0.194. The molecule has 0 spiro atoms. The number of hydrogen-bond donors (Lipinski definition) is 2. The number of rotatable bonds is 6. The van der Waals surface area contributed by atoms with E-state index in [2.05, 4.69) is 25.6 Å². The van der Waals surface area contributed by atoms with Crippen LogP contribution in [0.15, 0.2) is 90.3 Å². The summed E-state index contributed by atoms with van der Waals surface area (Å²) >= 11 is 1.47. The van der Waals surface area contributed by atoms with Crippen LogP contribution in [0.5, 0.6) is 0 Å². The van der Waals surface area contributed by atoms with Crippen molar-refractivity contribution in [3.05, 3.63) is 114 Å². The summed E-state index contributed by atoms with van der Waals surface area (Å²) in [6.45, 7) is 0.962. The van der Waals surface area contributed by atoms with Gasteiger partial charge in [-0.25, -0.2) is 19.4 Å². The number of carbonyl (C=O) groups is 2. The number of carbonyl (C=O) groups excluding carboxylic acids is 2. The molecule has 2 aromatic heterocycles. The SMILES string of the molecule is N#Cc1ccc(CC(=O)Nc2cccc([C@]34CN(c5ncc(F)cn5)C[C@H]3CSC(NC(=O)c3ccccc3)=N4)c2)nc1. The molecule has 0 radical (unpaired) electrons. The number of benzene rings is 2. The quantitative estimate of drug-likeness (QED) is 0.344. The number of amidine groups is 1. The number of aromatic nitrogens is 3. The molecule has 0 saturated carbocycles. The number of nitriles is 1. The van der Waals surface area contributed by atoms with Gasteiger partial charge in [0.25, 0.3) is 5.91 Å². The Kier molecular flexibility index (Phi) is 7.81. The lowest BCUT2D eigenvalue weighted by Gasteiger charge is -2.35. The molecule has 2 N–H and O–H groups in total. The van der Waals surface area contributed by atoms with Crippen LogP contribution < -0.4 is 15.5 Å². The molecular weight excluding hydrogens is 567 g/mol. The fourth-order valence-corrected chi connectivity index (χ4v) is 6.41. The topological polar surface area (TPSA) is 136 Å². The number of anilines is 2. The van der Waals surface area contributed by atoms with E-state index in [1.165, 1.54) is 18.0 Å². The van der Waals surface area contributed by atoms with Crippen LogP contribution in [0, 0.1) is 23.1 Å².